The number of anilines is 1. The Balaban J connectivity index is 1.49. The highest BCUT2D eigenvalue weighted by Crippen LogP contribution is 2.29. The Hall–Kier alpha value is -1.68. The largest absolute Gasteiger partial charge is 0.371 e. The van der Waals surface area contributed by atoms with Gasteiger partial charge in [-0.05, 0) is 49.8 Å². The molecule has 4 nitrogen and oxygen atoms in total. The Labute approximate surface area is 150 Å². The molecule has 1 atom stereocenters. The van der Waals surface area contributed by atoms with Crippen molar-refractivity contribution in [2.45, 2.75) is 32.2 Å². The van der Waals surface area contributed by atoms with Crippen molar-refractivity contribution in [1.29, 1.82) is 0 Å². The van der Waals surface area contributed by atoms with E-state index in [2.05, 4.69) is 51.7 Å². The monoisotopic (exact) mass is 346 g/mol. The minimum Gasteiger partial charge on any atom is -0.371 e. The molecule has 1 aromatic rings. The molecule has 3 rings (SSSR count). The van der Waals surface area contributed by atoms with Gasteiger partial charge in [-0.3, -0.25) is 4.99 Å². The van der Waals surface area contributed by atoms with Crippen LogP contribution in [0.3, 0.4) is 0 Å². The maximum Gasteiger partial charge on any atom is 0.191 e. The van der Waals surface area contributed by atoms with Gasteiger partial charge in [0.15, 0.2) is 5.96 Å². The maximum atomic E-state index is 6.17. The number of nitrogens with zero attached hydrogens (tertiary/aromatic N) is 2. The average Bonchev–Trinajstić information content (AvgIpc) is 3.25. The van der Waals surface area contributed by atoms with Crippen LogP contribution >= 0.6 is 11.6 Å². The second kappa shape index (κ2) is 7.93. The number of halogens is 1. The fourth-order valence-corrected chi connectivity index (χ4v) is 3.67. The van der Waals surface area contributed by atoms with Crippen LogP contribution in [-0.4, -0.2) is 38.7 Å². The van der Waals surface area contributed by atoms with Crippen molar-refractivity contribution in [1.82, 2.24) is 10.6 Å². The first-order valence-electron chi connectivity index (χ1n) is 8.79. The van der Waals surface area contributed by atoms with Crippen LogP contribution in [0.5, 0.6) is 0 Å². The molecule has 1 aliphatic carbocycles. The molecule has 0 aromatic heterocycles. The van der Waals surface area contributed by atoms with Crippen molar-refractivity contribution >= 4 is 23.2 Å². The van der Waals surface area contributed by atoms with Gasteiger partial charge in [0.2, 0.25) is 0 Å². The minimum absolute atomic E-state index is 0.491. The number of guanidine groups is 1. The summed E-state index contributed by atoms with van der Waals surface area (Å²) in [6.45, 7) is 5.26. The van der Waals surface area contributed by atoms with Gasteiger partial charge in [-0.2, -0.15) is 0 Å². The SMILES string of the molecule is CN=C(NCC1CCN(c2cc(Cl)ccc2C)C1)NC1CC=CC1. The van der Waals surface area contributed by atoms with Crippen LogP contribution in [0.15, 0.2) is 35.3 Å². The Morgan fingerprint density at radius 2 is 2.12 bits per heavy atom. The summed E-state index contributed by atoms with van der Waals surface area (Å²) in [6.07, 6.45) is 7.83. The lowest BCUT2D eigenvalue weighted by Gasteiger charge is -2.22. The number of aryl methyl sites for hydroxylation is 1. The number of hydrogen-bond donors (Lipinski definition) is 2. The predicted molar refractivity (Wildman–Crippen MR) is 103 cm³/mol. The molecule has 0 spiro atoms. The number of hydrogen-bond acceptors (Lipinski definition) is 2. The third kappa shape index (κ3) is 4.23. The highest BCUT2D eigenvalue weighted by molar-refractivity contribution is 6.30. The zero-order chi connectivity index (χ0) is 16.9. The zero-order valence-corrected chi connectivity index (χ0v) is 15.3. The molecule has 1 aliphatic heterocycles. The van der Waals surface area contributed by atoms with E-state index in [1.807, 2.05) is 13.1 Å². The molecule has 0 radical (unpaired) electrons. The van der Waals surface area contributed by atoms with Gasteiger partial charge in [-0.25, -0.2) is 0 Å². The lowest BCUT2D eigenvalue weighted by molar-refractivity contribution is 0.555. The van der Waals surface area contributed by atoms with Crippen molar-refractivity contribution in [3.63, 3.8) is 0 Å². The van der Waals surface area contributed by atoms with Gasteiger partial charge in [0.25, 0.3) is 0 Å². The molecule has 0 amide bonds. The molecule has 2 aliphatic rings. The summed E-state index contributed by atoms with van der Waals surface area (Å²) in [6, 6.07) is 6.64. The number of rotatable bonds is 4. The van der Waals surface area contributed by atoms with Crippen molar-refractivity contribution in [2.24, 2.45) is 10.9 Å². The first-order valence-corrected chi connectivity index (χ1v) is 9.17. The number of benzene rings is 1. The molecule has 0 saturated carbocycles. The van der Waals surface area contributed by atoms with Gasteiger partial charge >= 0.3 is 0 Å². The lowest BCUT2D eigenvalue weighted by Crippen LogP contribution is -2.44. The third-order valence-corrected chi connectivity index (χ3v) is 5.16. The van der Waals surface area contributed by atoms with E-state index in [1.54, 1.807) is 0 Å². The molecule has 1 fully saturated rings. The molecule has 24 heavy (non-hydrogen) atoms. The summed E-state index contributed by atoms with van der Waals surface area (Å²) in [5.74, 6) is 1.55. The van der Waals surface area contributed by atoms with E-state index in [9.17, 15) is 0 Å². The third-order valence-electron chi connectivity index (χ3n) is 4.93. The van der Waals surface area contributed by atoms with E-state index < -0.39 is 0 Å². The fourth-order valence-electron chi connectivity index (χ4n) is 3.51. The van der Waals surface area contributed by atoms with Crippen LogP contribution < -0.4 is 15.5 Å². The van der Waals surface area contributed by atoms with Gasteiger partial charge in [0.05, 0.1) is 0 Å². The molecule has 5 heteroatoms. The zero-order valence-electron chi connectivity index (χ0n) is 14.6. The lowest BCUT2D eigenvalue weighted by atomic mass is 10.1. The number of nitrogens with one attached hydrogen (secondary N) is 2. The summed E-state index contributed by atoms with van der Waals surface area (Å²) < 4.78 is 0. The molecule has 2 N–H and O–H groups in total. The van der Waals surface area contributed by atoms with Crippen LogP contribution in [0.1, 0.15) is 24.8 Å². The molecule has 130 valence electrons. The van der Waals surface area contributed by atoms with Gasteiger partial charge in [0, 0.05) is 43.4 Å². The predicted octanol–water partition coefficient (Wildman–Crippen LogP) is 3.36. The van der Waals surface area contributed by atoms with Gasteiger partial charge in [0.1, 0.15) is 0 Å². The minimum atomic E-state index is 0.491. The Kier molecular flexibility index (Phi) is 5.67. The van der Waals surface area contributed by atoms with Crippen LogP contribution in [0.25, 0.3) is 0 Å². The standard InChI is InChI=1S/C19H27ClN4/c1-14-7-8-16(20)11-18(14)24-10-9-15(13-24)12-22-19(21-2)23-17-5-3-4-6-17/h3-4,7-8,11,15,17H,5-6,9-10,12-13H2,1-2H3,(H2,21,22,23). The normalized spacial score (nSPS) is 21.5. The van der Waals surface area contributed by atoms with Crippen molar-refractivity contribution < 1.29 is 0 Å². The molecular weight excluding hydrogens is 320 g/mol. The first-order chi connectivity index (χ1) is 11.7. The second-order valence-corrected chi connectivity index (χ2v) is 7.21. The molecule has 1 heterocycles. The maximum absolute atomic E-state index is 6.17. The quantitative estimate of drug-likeness (QED) is 0.499. The average molecular weight is 347 g/mol. The topological polar surface area (TPSA) is 39.7 Å². The molecule has 0 bridgehead atoms. The molecular formula is C19H27ClN4. The van der Waals surface area contributed by atoms with E-state index in [4.69, 9.17) is 11.6 Å². The van der Waals surface area contributed by atoms with Gasteiger partial charge < -0.3 is 15.5 Å². The smallest absolute Gasteiger partial charge is 0.191 e. The first kappa shape index (κ1) is 17.2. The molecule has 1 aromatic carbocycles. The summed E-state index contributed by atoms with van der Waals surface area (Å²) in [5.41, 5.74) is 2.56. The summed E-state index contributed by atoms with van der Waals surface area (Å²) >= 11 is 6.17. The molecule has 1 saturated heterocycles. The van der Waals surface area contributed by atoms with E-state index >= 15 is 0 Å². The molecule has 1 unspecified atom stereocenters. The van der Waals surface area contributed by atoms with Crippen molar-refractivity contribution in [3.8, 4) is 0 Å². The fraction of sp³-hybridized carbons (Fsp3) is 0.526. The van der Waals surface area contributed by atoms with E-state index in [1.165, 1.54) is 17.7 Å². The Bertz CT molecular complexity index is 618. The van der Waals surface area contributed by atoms with E-state index in [-0.39, 0.29) is 0 Å². The van der Waals surface area contributed by atoms with Crippen molar-refractivity contribution in [3.05, 3.63) is 40.9 Å². The highest BCUT2D eigenvalue weighted by Gasteiger charge is 2.24. The summed E-state index contributed by atoms with van der Waals surface area (Å²) in [5, 5.41) is 7.80. The number of aliphatic imine (C=N–C) groups is 1. The summed E-state index contributed by atoms with van der Waals surface area (Å²) in [7, 11) is 1.84. The van der Waals surface area contributed by atoms with Gasteiger partial charge in [-0.15, -0.1) is 0 Å². The Morgan fingerprint density at radius 1 is 1.33 bits per heavy atom. The van der Waals surface area contributed by atoms with Crippen LogP contribution in [0.4, 0.5) is 5.69 Å². The van der Waals surface area contributed by atoms with Crippen LogP contribution in [0, 0.1) is 12.8 Å². The van der Waals surface area contributed by atoms with E-state index in [0.717, 1.165) is 43.5 Å². The summed E-state index contributed by atoms with van der Waals surface area (Å²) in [4.78, 5) is 6.80. The second-order valence-electron chi connectivity index (χ2n) is 6.77. The van der Waals surface area contributed by atoms with Crippen molar-refractivity contribution in [2.75, 3.05) is 31.6 Å². The Morgan fingerprint density at radius 3 is 2.88 bits per heavy atom. The van der Waals surface area contributed by atoms with E-state index in [0.29, 0.717) is 12.0 Å². The van der Waals surface area contributed by atoms with Crippen LogP contribution in [-0.2, 0) is 0 Å². The highest BCUT2D eigenvalue weighted by atomic mass is 35.5. The van der Waals surface area contributed by atoms with Crippen LogP contribution in [0.2, 0.25) is 5.02 Å². The van der Waals surface area contributed by atoms with Gasteiger partial charge in [-0.1, -0.05) is 29.8 Å².